The molecular weight excluding hydrogens is 282 g/mol. The Kier molecular flexibility index (Phi) is 4.80. The minimum Gasteiger partial charge on any atom is -0.464 e. The van der Waals surface area contributed by atoms with Crippen LogP contribution in [0.4, 0.5) is 5.69 Å². The fraction of sp³-hybridized carbons (Fsp3) is 0.438. The molecule has 0 aliphatic carbocycles. The molecule has 0 saturated carbocycles. The van der Waals surface area contributed by atoms with Gasteiger partial charge < -0.3 is 10.1 Å². The number of anilines is 1. The van der Waals surface area contributed by atoms with Crippen molar-refractivity contribution in [3.8, 4) is 0 Å². The van der Waals surface area contributed by atoms with Crippen LogP contribution >= 0.6 is 0 Å². The predicted molar refractivity (Wildman–Crippen MR) is 84.7 cm³/mol. The molecule has 0 bridgehead atoms. The first-order valence-corrected chi connectivity index (χ1v) is 7.28. The normalized spacial score (nSPS) is 12.4. The fourth-order valence-electron chi connectivity index (χ4n) is 2.08. The molecule has 0 spiro atoms. The predicted octanol–water partition coefficient (Wildman–Crippen LogP) is 2.97. The molecule has 0 fully saturated rings. The van der Waals surface area contributed by atoms with Crippen LogP contribution < -0.4 is 5.32 Å². The van der Waals surface area contributed by atoms with E-state index in [1.807, 2.05) is 0 Å². The number of amides is 1. The van der Waals surface area contributed by atoms with Crippen LogP contribution in [0.25, 0.3) is 10.9 Å². The van der Waals surface area contributed by atoms with E-state index in [9.17, 15) is 9.59 Å². The molecule has 1 aromatic carbocycles. The highest BCUT2D eigenvalue weighted by Crippen LogP contribution is 2.22. The number of ether oxygens (including phenoxy) is 1. The molecular formula is C16H21N3O3. The smallest absolute Gasteiger partial charge is 0.359 e. The Morgan fingerprint density at radius 2 is 2.05 bits per heavy atom. The van der Waals surface area contributed by atoms with Gasteiger partial charge in [0.05, 0.1) is 12.6 Å². The highest BCUT2D eigenvalue weighted by Gasteiger charge is 2.16. The fourth-order valence-corrected chi connectivity index (χ4v) is 2.08. The zero-order valence-corrected chi connectivity index (χ0v) is 13.3. The third-order valence-electron chi connectivity index (χ3n) is 3.87. The number of nitrogens with one attached hydrogen (secondary N) is 2. The first-order chi connectivity index (χ1) is 10.4. The van der Waals surface area contributed by atoms with Gasteiger partial charge in [-0.15, -0.1) is 0 Å². The number of rotatable bonds is 5. The Balaban J connectivity index is 2.18. The lowest BCUT2D eigenvalue weighted by atomic mass is 9.94. The van der Waals surface area contributed by atoms with Crippen LogP contribution in [-0.2, 0) is 9.53 Å². The third-order valence-corrected chi connectivity index (χ3v) is 3.87. The second-order valence-electron chi connectivity index (χ2n) is 5.80. The van der Waals surface area contributed by atoms with E-state index in [0.29, 0.717) is 34.8 Å². The summed E-state index contributed by atoms with van der Waals surface area (Å²) in [5, 5.41) is 10.2. The van der Waals surface area contributed by atoms with E-state index >= 15 is 0 Å². The highest BCUT2D eigenvalue weighted by molar-refractivity contribution is 6.03. The van der Waals surface area contributed by atoms with Crippen LogP contribution in [0.15, 0.2) is 18.2 Å². The zero-order chi connectivity index (χ0) is 16.3. The van der Waals surface area contributed by atoms with Gasteiger partial charge in [0, 0.05) is 17.5 Å². The van der Waals surface area contributed by atoms with Crippen LogP contribution in [0.3, 0.4) is 0 Å². The SMILES string of the molecule is COC(=O)c1n[nH]c2ccc(NC(=O)CC(C)C(C)C)cc12. The molecule has 0 saturated heterocycles. The molecule has 2 aromatic rings. The zero-order valence-electron chi connectivity index (χ0n) is 13.3. The van der Waals surface area contributed by atoms with Crippen molar-refractivity contribution >= 4 is 28.5 Å². The number of nitrogens with zero attached hydrogens (tertiary/aromatic N) is 1. The molecule has 1 unspecified atom stereocenters. The Bertz CT molecular complexity index is 691. The van der Waals surface area contributed by atoms with Gasteiger partial charge in [-0.3, -0.25) is 9.89 Å². The molecule has 6 nitrogen and oxygen atoms in total. The Morgan fingerprint density at radius 3 is 2.68 bits per heavy atom. The number of aromatic nitrogens is 2. The molecule has 0 aliphatic rings. The molecule has 1 heterocycles. The number of methoxy groups -OCH3 is 1. The maximum absolute atomic E-state index is 12.1. The summed E-state index contributed by atoms with van der Waals surface area (Å²) in [6.45, 7) is 6.25. The summed E-state index contributed by atoms with van der Waals surface area (Å²) in [5.74, 6) is 0.211. The number of hydrogen-bond donors (Lipinski definition) is 2. The molecule has 118 valence electrons. The largest absolute Gasteiger partial charge is 0.464 e. The topological polar surface area (TPSA) is 84.1 Å². The van der Waals surface area contributed by atoms with Crippen molar-refractivity contribution in [2.45, 2.75) is 27.2 Å². The van der Waals surface area contributed by atoms with Crippen molar-refractivity contribution in [1.82, 2.24) is 10.2 Å². The van der Waals surface area contributed by atoms with Crippen molar-refractivity contribution < 1.29 is 14.3 Å². The summed E-state index contributed by atoms with van der Waals surface area (Å²) < 4.78 is 4.69. The van der Waals surface area contributed by atoms with Gasteiger partial charge in [0.15, 0.2) is 5.69 Å². The average Bonchev–Trinajstić information content (AvgIpc) is 2.89. The van der Waals surface area contributed by atoms with E-state index in [2.05, 4.69) is 36.3 Å². The van der Waals surface area contributed by atoms with E-state index in [1.165, 1.54) is 7.11 Å². The standard InChI is InChI=1S/C16H21N3O3/c1-9(2)10(3)7-14(20)17-11-5-6-13-12(8-11)15(19-18-13)16(21)22-4/h5-6,8-10H,7H2,1-4H3,(H,17,20)(H,18,19). The van der Waals surface area contributed by atoms with Crippen molar-refractivity contribution in [2.75, 3.05) is 12.4 Å². The number of esters is 1. The summed E-state index contributed by atoms with van der Waals surface area (Å²) in [7, 11) is 1.31. The molecule has 6 heteroatoms. The minimum atomic E-state index is -0.511. The van der Waals surface area contributed by atoms with Gasteiger partial charge in [-0.25, -0.2) is 4.79 Å². The lowest BCUT2D eigenvalue weighted by Gasteiger charge is -2.14. The lowest BCUT2D eigenvalue weighted by molar-refractivity contribution is -0.117. The minimum absolute atomic E-state index is 0.0383. The molecule has 1 atom stereocenters. The second-order valence-corrected chi connectivity index (χ2v) is 5.80. The van der Waals surface area contributed by atoms with Gasteiger partial charge in [-0.2, -0.15) is 5.10 Å². The summed E-state index contributed by atoms with van der Waals surface area (Å²) in [4.78, 5) is 23.7. The molecule has 0 radical (unpaired) electrons. The highest BCUT2D eigenvalue weighted by atomic mass is 16.5. The molecule has 2 rings (SSSR count). The maximum atomic E-state index is 12.1. The average molecular weight is 303 g/mol. The van der Waals surface area contributed by atoms with Crippen LogP contribution in [0.1, 0.15) is 37.7 Å². The second kappa shape index (κ2) is 6.60. The summed E-state index contributed by atoms with van der Waals surface area (Å²) in [6, 6.07) is 5.28. The Morgan fingerprint density at radius 1 is 1.32 bits per heavy atom. The maximum Gasteiger partial charge on any atom is 0.359 e. The molecule has 1 amide bonds. The van der Waals surface area contributed by atoms with Crippen molar-refractivity contribution in [3.05, 3.63) is 23.9 Å². The van der Waals surface area contributed by atoms with E-state index < -0.39 is 5.97 Å². The van der Waals surface area contributed by atoms with E-state index in [-0.39, 0.29) is 11.6 Å². The Labute approximate surface area is 129 Å². The summed E-state index contributed by atoms with van der Waals surface area (Å²) in [5.41, 5.74) is 1.57. The number of carbonyl (C=O) groups excluding carboxylic acids is 2. The molecule has 1 aromatic heterocycles. The molecule has 2 N–H and O–H groups in total. The van der Waals surface area contributed by atoms with Crippen LogP contribution in [0, 0.1) is 11.8 Å². The van der Waals surface area contributed by atoms with Gasteiger partial charge >= 0.3 is 5.97 Å². The monoisotopic (exact) mass is 303 g/mol. The summed E-state index contributed by atoms with van der Waals surface area (Å²) >= 11 is 0. The molecule has 22 heavy (non-hydrogen) atoms. The summed E-state index contributed by atoms with van der Waals surface area (Å²) in [6.07, 6.45) is 0.463. The number of benzene rings is 1. The van der Waals surface area contributed by atoms with Gasteiger partial charge in [-0.1, -0.05) is 20.8 Å². The quantitative estimate of drug-likeness (QED) is 0.832. The van der Waals surface area contributed by atoms with Gasteiger partial charge in [0.2, 0.25) is 5.91 Å². The van der Waals surface area contributed by atoms with Crippen molar-refractivity contribution in [3.63, 3.8) is 0 Å². The van der Waals surface area contributed by atoms with Gasteiger partial charge in [0.1, 0.15) is 0 Å². The van der Waals surface area contributed by atoms with Gasteiger partial charge in [0.25, 0.3) is 0 Å². The van der Waals surface area contributed by atoms with Crippen molar-refractivity contribution in [2.24, 2.45) is 11.8 Å². The number of hydrogen-bond acceptors (Lipinski definition) is 4. The first-order valence-electron chi connectivity index (χ1n) is 7.28. The molecule has 0 aliphatic heterocycles. The van der Waals surface area contributed by atoms with E-state index in [0.717, 1.165) is 0 Å². The van der Waals surface area contributed by atoms with Gasteiger partial charge in [-0.05, 0) is 30.0 Å². The number of fused-ring (bicyclic) bond motifs is 1. The van der Waals surface area contributed by atoms with Crippen molar-refractivity contribution in [1.29, 1.82) is 0 Å². The van der Waals surface area contributed by atoms with E-state index in [1.54, 1.807) is 18.2 Å². The number of aromatic amines is 1. The number of H-pyrrole nitrogens is 1. The third kappa shape index (κ3) is 3.44. The van der Waals surface area contributed by atoms with E-state index in [4.69, 9.17) is 4.74 Å². The Hall–Kier alpha value is -2.37. The van der Waals surface area contributed by atoms with Crippen LogP contribution in [-0.4, -0.2) is 29.2 Å². The lowest BCUT2D eigenvalue weighted by Crippen LogP contribution is -2.17. The van der Waals surface area contributed by atoms with Crippen LogP contribution in [0.5, 0.6) is 0 Å². The van der Waals surface area contributed by atoms with Crippen LogP contribution in [0.2, 0.25) is 0 Å². The number of carbonyl (C=O) groups is 2. The first kappa shape index (κ1) is 16.0.